The lowest BCUT2D eigenvalue weighted by molar-refractivity contribution is 0.00578. The number of ether oxygens (including phenoxy) is 1. The Bertz CT molecular complexity index is 896. The van der Waals surface area contributed by atoms with Crippen molar-refractivity contribution in [3.63, 3.8) is 0 Å². The van der Waals surface area contributed by atoms with E-state index < -0.39 is 18.3 Å². The molecule has 1 aromatic heterocycles. The fourth-order valence-corrected chi connectivity index (χ4v) is 3.62. The predicted molar refractivity (Wildman–Crippen MR) is 111 cm³/mol. The number of nitrogens with two attached hydrogens (primary N) is 1. The van der Waals surface area contributed by atoms with Gasteiger partial charge >= 0.3 is 13.1 Å². The maximum absolute atomic E-state index is 6.21. The molecule has 0 unspecified atom stereocenters. The summed E-state index contributed by atoms with van der Waals surface area (Å²) < 4.78 is 18.1. The summed E-state index contributed by atoms with van der Waals surface area (Å²) in [6, 6.07) is 3.32. The first-order chi connectivity index (χ1) is 13.1. The molecule has 148 valence electrons. The minimum atomic E-state index is -0.515. The van der Waals surface area contributed by atoms with E-state index in [0.717, 1.165) is 24.0 Å². The van der Waals surface area contributed by atoms with E-state index in [0.29, 0.717) is 21.7 Å². The van der Waals surface area contributed by atoms with Crippen LogP contribution in [0.5, 0.6) is 11.8 Å². The van der Waals surface area contributed by atoms with Gasteiger partial charge in [0.25, 0.3) is 0 Å². The number of benzene rings is 1. The molecule has 4 rings (SSSR count). The van der Waals surface area contributed by atoms with Crippen molar-refractivity contribution in [2.45, 2.75) is 57.7 Å². The van der Waals surface area contributed by atoms with Crippen LogP contribution in [0.2, 0.25) is 10.0 Å². The third-order valence-corrected chi connectivity index (χ3v) is 6.07. The summed E-state index contributed by atoms with van der Waals surface area (Å²) in [4.78, 5) is 8.98. The van der Waals surface area contributed by atoms with Gasteiger partial charge in [-0.1, -0.05) is 23.2 Å². The Hall–Kier alpha value is -1.54. The molecule has 2 aromatic rings. The highest BCUT2D eigenvalue weighted by Gasteiger charge is 2.53. The minimum absolute atomic E-state index is 0.177. The number of anilines is 1. The third-order valence-electron chi connectivity index (χ3n) is 5.51. The van der Waals surface area contributed by atoms with E-state index >= 15 is 0 Å². The molecule has 1 saturated carbocycles. The normalized spacial score (nSPS) is 20.4. The van der Waals surface area contributed by atoms with Crippen LogP contribution in [0.25, 0.3) is 0 Å². The first-order valence-electron chi connectivity index (χ1n) is 9.22. The monoisotopic (exact) mass is 421 g/mol. The Kier molecular flexibility index (Phi) is 4.78. The van der Waals surface area contributed by atoms with E-state index in [1.165, 1.54) is 0 Å². The molecular formula is C19H22BCl2N3O3. The van der Waals surface area contributed by atoms with Crippen LogP contribution in [0.4, 0.5) is 5.69 Å². The molecule has 1 aromatic carbocycles. The molecule has 1 aliphatic carbocycles. The standard InChI is InChI=1S/C19H22BCl2N3O3/c1-18(2)19(3,4)28-20(27-18)12-9-24-17(25-15(12)10-5-6-10)26-16-13(21)7-11(23)8-14(16)22/h7-10H,5-6,23H2,1-4H3. The molecule has 0 bridgehead atoms. The van der Waals surface area contributed by atoms with E-state index in [1.807, 2.05) is 27.7 Å². The maximum Gasteiger partial charge on any atom is 0.498 e. The van der Waals surface area contributed by atoms with E-state index in [9.17, 15) is 0 Å². The van der Waals surface area contributed by atoms with Crippen LogP contribution in [0.3, 0.4) is 0 Å². The Morgan fingerprint density at radius 1 is 1.11 bits per heavy atom. The lowest BCUT2D eigenvalue weighted by Crippen LogP contribution is -2.41. The molecule has 9 heteroatoms. The summed E-state index contributed by atoms with van der Waals surface area (Å²) in [7, 11) is -0.515. The van der Waals surface area contributed by atoms with Crippen molar-refractivity contribution < 1.29 is 14.0 Å². The number of hydrogen-bond donors (Lipinski definition) is 1. The molecule has 6 nitrogen and oxygen atoms in total. The molecular weight excluding hydrogens is 400 g/mol. The molecule has 2 N–H and O–H groups in total. The highest BCUT2D eigenvalue weighted by molar-refractivity contribution is 6.62. The lowest BCUT2D eigenvalue weighted by Gasteiger charge is -2.32. The SMILES string of the molecule is CC1(C)OB(c2cnc(Oc3c(Cl)cc(N)cc3Cl)nc2C2CC2)OC1(C)C. The van der Waals surface area contributed by atoms with Crippen molar-refractivity contribution in [2.75, 3.05) is 5.73 Å². The van der Waals surface area contributed by atoms with Crippen molar-refractivity contribution in [3.8, 4) is 11.8 Å². The molecule has 0 radical (unpaired) electrons. The quantitative estimate of drug-likeness (QED) is 0.584. The Labute approximate surface area is 174 Å². The summed E-state index contributed by atoms with van der Waals surface area (Å²) in [5, 5.41) is 0.605. The van der Waals surface area contributed by atoms with Crippen molar-refractivity contribution in [1.82, 2.24) is 9.97 Å². The third kappa shape index (κ3) is 3.57. The van der Waals surface area contributed by atoms with E-state index in [4.69, 9.17) is 43.0 Å². The van der Waals surface area contributed by atoms with Crippen LogP contribution in [-0.2, 0) is 9.31 Å². The van der Waals surface area contributed by atoms with Gasteiger partial charge in [-0.2, -0.15) is 4.98 Å². The van der Waals surface area contributed by atoms with Crippen LogP contribution >= 0.6 is 23.2 Å². The number of rotatable bonds is 4. The average Bonchev–Trinajstić information content (AvgIpc) is 3.38. The molecule has 28 heavy (non-hydrogen) atoms. The van der Waals surface area contributed by atoms with E-state index in [-0.39, 0.29) is 11.8 Å². The number of nitrogens with zero attached hydrogens (tertiary/aromatic N) is 2. The number of halogens is 2. The van der Waals surface area contributed by atoms with Gasteiger partial charge in [-0.05, 0) is 52.7 Å². The Morgan fingerprint density at radius 3 is 2.21 bits per heavy atom. The van der Waals surface area contributed by atoms with Gasteiger partial charge in [-0.25, -0.2) is 4.98 Å². The van der Waals surface area contributed by atoms with Gasteiger partial charge in [0.15, 0.2) is 5.75 Å². The largest absolute Gasteiger partial charge is 0.498 e. The number of aromatic nitrogens is 2. The van der Waals surface area contributed by atoms with Gasteiger partial charge in [0.1, 0.15) is 0 Å². The second-order valence-electron chi connectivity index (χ2n) is 8.27. The smallest absolute Gasteiger partial charge is 0.421 e. The van der Waals surface area contributed by atoms with Crippen molar-refractivity contribution >= 4 is 41.5 Å². The van der Waals surface area contributed by atoms with Crippen LogP contribution in [-0.4, -0.2) is 28.3 Å². The fourth-order valence-electron chi connectivity index (χ4n) is 3.04. The molecule has 2 fully saturated rings. The first-order valence-corrected chi connectivity index (χ1v) is 9.98. The van der Waals surface area contributed by atoms with Crippen LogP contribution in [0.15, 0.2) is 18.3 Å². The first kappa shape index (κ1) is 19.8. The molecule has 2 aliphatic rings. The van der Waals surface area contributed by atoms with Gasteiger partial charge < -0.3 is 19.8 Å². The van der Waals surface area contributed by atoms with E-state index in [1.54, 1.807) is 18.3 Å². The summed E-state index contributed by atoms with van der Waals surface area (Å²) in [5.74, 6) is 0.624. The molecule has 0 amide bonds. The zero-order chi connectivity index (χ0) is 20.3. The number of nitrogen functional groups attached to an aromatic ring is 1. The predicted octanol–water partition coefficient (Wildman–Crippen LogP) is 4.33. The van der Waals surface area contributed by atoms with Gasteiger partial charge in [0, 0.05) is 23.3 Å². The maximum atomic E-state index is 6.21. The zero-order valence-electron chi connectivity index (χ0n) is 16.3. The topological polar surface area (TPSA) is 79.5 Å². The molecule has 2 heterocycles. The zero-order valence-corrected chi connectivity index (χ0v) is 17.8. The Balaban J connectivity index is 1.66. The summed E-state index contributed by atoms with van der Waals surface area (Å²) in [6.07, 6.45) is 3.83. The highest BCUT2D eigenvalue weighted by atomic mass is 35.5. The van der Waals surface area contributed by atoms with Gasteiger partial charge in [0.2, 0.25) is 0 Å². The van der Waals surface area contributed by atoms with Crippen molar-refractivity contribution in [1.29, 1.82) is 0 Å². The summed E-state index contributed by atoms with van der Waals surface area (Å²) in [5.41, 5.74) is 7.05. The van der Waals surface area contributed by atoms with Gasteiger partial charge in [-0.15, -0.1) is 0 Å². The van der Waals surface area contributed by atoms with Crippen LogP contribution < -0.4 is 15.9 Å². The second-order valence-corrected chi connectivity index (χ2v) is 9.09. The van der Waals surface area contributed by atoms with Gasteiger partial charge in [0.05, 0.1) is 26.9 Å². The van der Waals surface area contributed by atoms with E-state index in [2.05, 4.69) is 9.97 Å². The number of hydrogen-bond acceptors (Lipinski definition) is 6. The summed E-state index contributed by atoms with van der Waals surface area (Å²) in [6.45, 7) is 8.08. The van der Waals surface area contributed by atoms with Crippen LogP contribution in [0, 0.1) is 0 Å². The fraction of sp³-hybridized carbons (Fsp3) is 0.474. The van der Waals surface area contributed by atoms with Crippen LogP contribution in [0.1, 0.15) is 52.1 Å². The minimum Gasteiger partial charge on any atom is -0.421 e. The van der Waals surface area contributed by atoms with Gasteiger partial charge in [-0.3, -0.25) is 0 Å². The molecule has 1 aliphatic heterocycles. The second kappa shape index (κ2) is 6.77. The lowest BCUT2D eigenvalue weighted by atomic mass is 9.78. The molecule has 0 atom stereocenters. The highest BCUT2D eigenvalue weighted by Crippen LogP contribution is 2.42. The average molecular weight is 422 g/mol. The Morgan fingerprint density at radius 2 is 1.68 bits per heavy atom. The summed E-state index contributed by atoms with van der Waals surface area (Å²) >= 11 is 12.4. The van der Waals surface area contributed by atoms with Crippen molar-refractivity contribution in [3.05, 3.63) is 34.1 Å². The van der Waals surface area contributed by atoms with Crippen molar-refractivity contribution in [2.24, 2.45) is 0 Å². The molecule has 1 saturated heterocycles. The molecule has 0 spiro atoms.